The Morgan fingerprint density at radius 2 is 2.18 bits per heavy atom. The van der Waals surface area contributed by atoms with Gasteiger partial charge in [0.25, 0.3) is 0 Å². The van der Waals surface area contributed by atoms with Crippen LogP contribution in [0.1, 0.15) is 22.5 Å². The molecular formula is C14H17IN3O4-. The summed E-state index contributed by atoms with van der Waals surface area (Å²) in [5, 5.41) is 24.0. The predicted octanol–water partition coefficient (Wildman–Crippen LogP) is -2.75. The summed E-state index contributed by atoms with van der Waals surface area (Å²) in [6.07, 6.45) is 3.41. The zero-order valence-electron chi connectivity index (χ0n) is 12.0. The summed E-state index contributed by atoms with van der Waals surface area (Å²) < 4.78 is 5.88. The number of rotatable bonds is 7. The summed E-state index contributed by atoms with van der Waals surface area (Å²) in [5.74, 6) is -0.585. The van der Waals surface area contributed by atoms with Crippen molar-refractivity contribution in [3.8, 4) is 0 Å². The minimum atomic E-state index is -1.30. The van der Waals surface area contributed by atoms with Gasteiger partial charge in [-0.05, 0) is 0 Å². The molecule has 0 amide bonds. The molecule has 0 spiro atoms. The Hall–Kier alpha value is -1.49. The van der Waals surface area contributed by atoms with Crippen molar-refractivity contribution in [2.24, 2.45) is 0 Å². The van der Waals surface area contributed by atoms with Crippen molar-refractivity contribution in [3.05, 3.63) is 56.6 Å². The number of quaternary nitrogens is 1. The number of nitrogens with one attached hydrogen (secondary N) is 1. The molecule has 120 valence electrons. The Bertz CT molecular complexity index is 616. The molecule has 0 bridgehead atoms. The Labute approximate surface area is 138 Å². The second kappa shape index (κ2) is 8.22. The first-order valence-electron chi connectivity index (χ1n) is 6.67. The maximum absolute atomic E-state index is 11.7. The van der Waals surface area contributed by atoms with Gasteiger partial charge in [0, 0.05) is 0 Å². The molecule has 0 radical (unpaired) electrons. The van der Waals surface area contributed by atoms with Gasteiger partial charge >= 0.3 is 138 Å². The van der Waals surface area contributed by atoms with Crippen molar-refractivity contribution < 1.29 is 39.7 Å². The van der Waals surface area contributed by atoms with E-state index in [-0.39, 0.29) is 5.69 Å². The quantitative estimate of drug-likeness (QED) is 0.220. The molecule has 1 aromatic heterocycles. The van der Waals surface area contributed by atoms with E-state index in [0.29, 0.717) is 10.1 Å². The number of hydrogen-bond acceptors (Lipinski definition) is 5. The van der Waals surface area contributed by atoms with Gasteiger partial charge in [-0.15, -0.1) is 0 Å². The van der Waals surface area contributed by atoms with Gasteiger partial charge in [0.1, 0.15) is 0 Å². The number of carbonyl (C=O) groups excluding carboxylic acids is 1. The van der Waals surface area contributed by atoms with Gasteiger partial charge in [-0.2, -0.15) is 0 Å². The summed E-state index contributed by atoms with van der Waals surface area (Å²) in [6, 6.07) is 10.1. The van der Waals surface area contributed by atoms with Gasteiger partial charge in [-0.25, -0.2) is 0 Å². The molecule has 1 aromatic carbocycles. The van der Waals surface area contributed by atoms with Gasteiger partial charge in [0.05, 0.1) is 0 Å². The average Bonchev–Trinajstić information content (AvgIpc) is 2.89. The van der Waals surface area contributed by atoms with E-state index in [2.05, 4.69) is 22.0 Å². The van der Waals surface area contributed by atoms with Gasteiger partial charge in [-0.3, -0.25) is 0 Å². The number of hydrogen-bond donors (Lipinski definition) is 2. The van der Waals surface area contributed by atoms with E-state index in [9.17, 15) is 10.0 Å². The summed E-state index contributed by atoms with van der Waals surface area (Å²) in [4.78, 5) is 11.7. The zero-order valence-corrected chi connectivity index (χ0v) is 14.2. The second-order valence-electron chi connectivity index (χ2n) is 4.52. The summed E-state index contributed by atoms with van der Waals surface area (Å²) in [6.45, 7) is 0.627. The summed E-state index contributed by atoms with van der Waals surface area (Å²) >= 11 is -1.30. The van der Waals surface area contributed by atoms with Crippen LogP contribution < -0.4 is 24.9 Å². The molecule has 0 saturated heterocycles. The first-order chi connectivity index (χ1) is 10.6. The number of ether oxygens (including phenoxy) is 1. The summed E-state index contributed by atoms with van der Waals surface area (Å²) in [7, 11) is 1.26. The zero-order chi connectivity index (χ0) is 15.9. The van der Waals surface area contributed by atoms with E-state index in [4.69, 9.17) is 5.21 Å². The third-order valence-electron chi connectivity index (χ3n) is 2.97. The molecular weight excluding hydrogens is 401 g/mol. The third-order valence-corrected chi connectivity index (χ3v) is 4.81. The van der Waals surface area contributed by atoms with Crippen LogP contribution in [0.4, 0.5) is 0 Å². The number of aromatic nitrogens is 2. The van der Waals surface area contributed by atoms with E-state index in [1.165, 1.54) is 12.7 Å². The fourth-order valence-electron chi connectivity index (χ4n) is 1.99. The first kappa shape index (κ1) is 16.9. The van der Waals surface area contributed by atoms with E-state index in [1.54, 1.807) is 10.9 Å². The monoisotopic (exact) mass is 418 g/mol. The van der Waals surface area contributed by atoms with Crippen LogP contribution in [0, 0.1) is 8.78 Å². The number of nitrogens with zero attached hydrogens (tertiary/aromatic N) is 2. The SMILES string of the molecule is COC(=O)c1nn(CCCc2ccccc2)cc1[I-][NH+]([O-])O. The molecule has 2 rings (SSSR count). The van der Waals surface area contributed by atoms with Crippen molar-refractivity contribution >= 4 is 5.97 Å². The molecule has 2 aromatic rings. The number of esters is 1. The molecule has 22 heavy (non-hydrogen) atoms. The standard InChI is InChI=1S/C14H17IN3O4/c1-22-14(19)13-12(15-18(20)21)10-17(16-13)9-5-8-11-6-3-2-4-7-11/h2-4,6-7,10,18,20H,5,8-9H2,1H3/q-1. The molecule has 1 unspecified atom stereocenters. The van der Waals surface area contributed by atoms with Gasteiger partial charge in [0.2, 0.25) is 0 Å². The fourth-order valence-corrected chi connectivity index (χ4v) is 3.53. The molecule has 0 aliphatic carbocycles. The topological polar surface area (TPSA) is 91.8 Å². The van der Waals surface area contributed by atoms with Crippen molar-refractivity contribution in [2.45, 2.75) is 19.4 Å². The Morgan fingerprint density at radius 3 is 2.82 bits per heavy atom. The number of aryl methyl sites for hydroxylation is 2. The van der Waals surface area contributed by atoms with E-state index in [0.717, 1.165) is 12.8 Å². The van der Waals surface area contributed by atoms with Crippen molar-refractivity contribution in [2.75, 3.05) is 7.11 Å². The fraction of sp³-hybridized carbons (Fsp3) is 0.286. The van der Waals surface area contributed by atoms with Crippen LogP contribution in [-0.4, -0.2) is 28.1 Å². The number of benzene rings is 1. The number of carbonyl (C=O) groups is 1. The van der Waals surface area contributed by atoms with Gasteiger partial charge in [0.15, 0.2) is 0 Å². The minimum absolute atomic E-state index is 0.123. The molecule has 2 N–H and O–H groups in total. The van der Waals surface area contributed by atoms with E-state index in [1.807, 2.05) is 18.2 Å². The van der Waals surface area contributed by atoms with Crippen LogP contribution in [0.15, 0.2) is 36.5 Å². The molecule has 0 aliphatic rings. The van der Waals surface area contributed by atoms with E-state index >= 15 is 0 Å². The molecule has 8 heteroatoms. The normalized spacial score (nSPS) is 12.3. The van der Waals surface area contributed by atoms with Crippen molar-refractivity contribution in [1.82, 2.24) is 9.78 Å². The molecule has 1 atom stereocenters. The number of methoxy groups -OCH3 is 1. The molecule has 7 nitrogen and oxygen atoms in total. The van der Waals surface area contributed by atoms with Crippen molar-refractivity contribution in [1.29, 1.82) is 0 Å². The van der Waals surface area contributed by atoms with Gasteiger partial charge < -0.3 is 0 Å². The van der Waals surface area contributed by atoms with Crippen LogP contribution in [0.25, 0.3) is 0 Å². The van der Waals surface area contributed by atoms with Crippen LogP contribution in [0.5, 0.6) is 0 Å². The molecule has 0 aliphatic heterocycles. The molecule has 0 saturated carbocycles. The Balaban J connectivity index is 2.01. The van der Waals surface area contributed by atoms with Crippen molar-refractivity contribution in [3.63, 3.8) is 0 Å². The second-order valence-corrected chi connectivity index (χ2v) is 7.14. The maximum atomic E-state index is 11.7. The predicted molar refractivity (Wildman–Crippen MR) is 73.1 cm³/mol. The third kappa shape index (κ3) is 4.77. The van der Waals surface area contributed by atoms with E-state index < -0.39 is 30.9 Å². The summed E-state index contributed by atoms with van der Waals surface area (Å²) in [5.41, 5.74) is 1.36. The van der Waals surface area contributed by atoms with Crippen LogP contribution >= 0.6 is 0 Å². The molecule has 1 heterocycles. The van der Waals surface area contributed by atoms with Crippen LogP contribution in [-0.2, 0) is 17.7 Å². The number of halogens is 1. The van der Waals surface area contributed by atoms with Crippen LogP contribution in [0.3, 0.4) is 0 Å². The first-order valence-corrected chi connectivity index (χ1v) is 8.83. The Morgan fingerprint density at radius 1 is 1.45 bits per heavy atom. The van der Waals surface area contributed by atoms with Crippen LogP contribution in [0.2, 0.25) is 0 Å². The molecule has 0 fully saturated rings. The Kier molecular flexibility index (Phi) is 6.31. The average molecular weight is 418 g/mol. The van der Waals surface area contributed by atoms with Gasteiger partial charge in [-0.1, -0.05) is 0 Å².